The number of ether oxygens (including phenoxy) is 2. The maximum Gasteiger partial charge on any atom is 0.253 e. The molecule has 0 bridgehead atoms. The zero-order valence-electron chi connectivity index (χ0n) is 19.7. The maximum absolute atomic E-state index is 14.9. The number of rotatable bonds is 6. The van der Waals surface area contributed by atoms with Gasteiger partial charge in [-0.2, -0.15) is 5.10 Å². The standard InChI is InChI=1S/C25H25FN6O3/c1-15(2)19-12-29-32-21(19)8-16(9-24(32)34-3)25-20(26)13-28-22(30-25)10-17-4-5-18(11-27-17)31-6-7-35-14-23(31)33/h4-5,8-9,11-13,15H,6-7,10,14H2,1-3H3. The molecule has 0 radical (unpaired) electrons. The molecule has 0 aromatic carbocycles. The molecule has 5 rings (SSSR count). The van der Waals surface area contributed by atoms with Crippen molar-refractivity contribution in [2.75, 3.05) is 31.8 Å². The third kappa shape index (κ3) is 4.44. The molecule has 1 fully saturated rings. The Labute approximate surface area is 201 Å². The van der Waals surface area contributed by atoms with Crippen LogP contribution in [0, 0.1) is 5.82 Å². The molecule has 0 unspecified atom stereocenters. The Hall–Kier alpha value is -3.92. The molecule has 4 aromatic heterocycles. The number of morpholine rings is 1. The van der Waals surface area contributed by atoms with Crippen LogP contribution < -0.4 is 9.64 Å². The van der Waals surface area contributed by atoms with E-state index < -0.39 is 5.82 Å². The summed E-state index contributed by atoms with van der Waals surface area (Å²) in [5.41, 5.74) is 4.05. The summed E-state index contributed by atoms with van der Waals surface area (Å²) >= 11 is 0. The Kier molecular flexibility index (Phi) is 6.12. The van der Waals surface area contributed by atoms with Gasteiger partial charge in [0.2, 0.25) is 5.88 Å². The van der Waals surface area contributed by atoms with Gasteiger partial charge in [-0.3, -0.25) is 9.78 Å². The Morgan fingerprint density at radius 1 is 1.17 bits per heavy atom. The third-order valence-electron chi connectivity index (χ3n) is 5.96. The van der Waals surface area contributed by atoms with E-state index in [1.54, 1.807) is 35.0 Å². The van der Waals surface area contributed by atoms with E-state index in [1.807, 2.05) is 18.2 Å². The molecule has 1 saturated heterocycles. The minimum atomic E-state index is -0.528. The van der Waals surface area contributed by atoms with Gasteiger partial charge in [-0.15, -0.1) is 0 Å². The van der Waals surface area contributed by atoms with Crippen molar-refractivity contribution in [1.82, 2.24) is 24.6 Å². The van der Waals surface area contributed by atoms with Crippen molar-refractivity contribution in [3.05, 3.63) is 65.8 Å². The van der Waals surface area contributed by atoms with Crippen LogP contribution in [-0.4, -0.2) is 57.3 Å². The highest BCUT2D eigenvalue weighted by molar-refractivity contribution is 5.94. The first-order valence-electron chi connectivity index (χ1n) is 11.3. The summed E-state index contributed by atoms with van der Waals surface area (Å²) in [6, 6.07) is 7.24. The molecule has 1 aliphatic heterocycles. The normalized spacial score (nSPS) is 14.2. The predicted octanol–water partition coefficient (Wildman–Crippen LogP) is 3.41. The number of hydrogen-bond donors (Lipinski definition) is 0. The first kappa shape index (κ1) is 22.9. The Morgan fingerprint density at radius 2 is 2.03 bits per heavy atom. The Balaban J connectivity index is 1.45. The van der Waals surface area contributed by atoms with E-state index in [9.17, 15) is 9.18 Å². The number of fused-ring (bicyclic) bond motifs is 1. The van der Waals surface area contributed by atoms with Crippen LogP contribution in [0.1, 0.15) is 36.8 Å². The Bertz CT molecular complexity index is 1390. The van der Waals surface area contributed by atoms with Gasteiger partial charge in [0, 0.05) is 29.4 Å². The second-order valence-electron chi connectivity index (χ2n) is 8.60. The number of carbonyl (C=O) groups excluding carboxylic acids is 1. The summed E-state index contributed by atoms with van der Waals surface area (Å²) in [7, 11) is 1.55. The summed E-state index contributed by atoms with van der Waals surface area (Å²) < 4.78 is 27.2. The van der Waals surface area contributed by atoms with E-state index in [0.29, 0.717) is 48.2 Å². The highest BCUT2D eigenvalue weighted by Gasteiger charge is 2.21. The lowest BCUT2D eigenvalue weighted by molar-refractivity contribution is -0.125. The van der Waals surface area contributed by atoms with Crippen LogP contribution in [0.2, 0.25) is 0 Å². The fraction of sp³-hybridized carbons (Fsp3) is 0.320. The van der Waals surface area contributed by atoms with Gasteiger partial charge in [-0.05, 0) is 24.1 Å². The summed E-state index contributed by atoms with van der Waals surface area (Å²) in [5, 5.41) is 4.41. The average Bonchev–Trinajstić information content (AvgIpc) is 3.30. The number of carbonyl (C=O) groups is 1. The van der Waals surface area contributed by atoms with Crippen molar-refractivity contribution in [1.29, 1.82) is 0 Å². The van der Waals surface area contributed by atoms with Crippen LogP contribution in [0.25, 0.3) is 16.8 Å². The van der Waals surface area contributed by atoms with E-state index in [1.165, 1.54) is 6.20 Å². The van der Waals surface area contributed by atoms with Crippen LogP contribution in [0.15, 0.2) is 42.9 Å². The summed E-state index contributed by atoms with van der Waals surface area (Å²) in [6.07, 6.45) is 4.94. The molecule has 35 heavy (non-hydrogen) atoms. The summed E-state index contributed by atoms with van der Waals surface area (Å²) in [4.78, 5) is 26.8. The van der Waals surface area contributed by atoms with Crippen molar-refractivity contribution >= 4 is 17.1 Å². The minimum absolute atomic E-state index is 0.0719. The fourth-order valence-corrected chi connectivity index (χ4v) is 4.13. The molecular weight excluding hydrogens is 451 g/mol. The van der Waals surface area contributed by atoms with Crippen LogP contribution in [0.4, 0.5) is 10.1 Å². The van der Waals surface area contributed by atoms with Gasteiger partial charge in [-0.1, -0.05) is 13.8 Å². The van der Waals surface area contributed by atoms with Crippen molar-refractivity contribution in [2.24, 2.45) is 0 Å². The first-order valence-corrected chi connectivity index (χ1v) is 11.3. The van der Waals surface area contributed by atoms with Crippen LogP contribution >= 0.6 is 0 Å². The number of amides is 1. The van der Waals surface area contributed by atoms with Crippen LogP contribution in [0.3, 0.4) is 0 Å². The molecule has 9 nitrogen and oxygen atoms in total. The van der Waals surface area contributed by atoms with Gasteiger partial charge in [-0.25, -0.2) is 18.9 Å². The Morgan fingerprint density at radius 3 is 2.74 bits per heavy atom. The molecule has 1 aliphatic rings. The largest absolute Gasteiger partial charge is 0.481 e. The second kappa shape index (κ2) is 9.38. The molecule has 0 aliphatic carbocycles. The van der Waals surface area contributed by atoms with Crippen molar-refractivity contribution in [2.45, 2.75) is 26.2 Å². The van der Waals surface area contributed by atoms with Gasteiger partial charge < -0.3 is 14.4 Å². The topological polar surface area (TPSA) is 94.7 Å². The van der Waals surface area contributed by atoms with Crippen molar-refractivity contribution in [3.8, 4) is 17.1 Å². The third-order valence-corrected chi connectivity index (χ3v) is 5.96. The predicted molar refractivity (Wildman–Crippen MR) is 127 cm³/mol. The number of pyridine rings is 2. The first-order chi connectivity index (χ1) is 16.9. The van der Waals surface area contributed by atoms with Gasteiger partial charge in [0.15, 0.2) is 5.82 Å². The molecule has 0 spiro atoms. The van der Waals surface area contributed by atoms with Crippen LogP contribution in [-0.2, 0) is 16.0 Å². The number of aromatic nitrogens is 5. The van der Waals surface area contributed by atoms with Gasteiger partial charge in [0.1, 0.15) is 18.1 Å². The molecular formula is C25H25FN6O3. The SMILES string of the molecule is COc1cc(-c2nc(Cc3ccc(N4CCOCC4=O)cn3)ncc2F)cc2c(C(C)C)cnn12. The molecule has 0 saturated carbocycles. The number of anilines is 1. The monoisotopic (exact) mass is 476 g/mol. The lowest BCUT2D eigenvalue weighted by Gasteiger charge is -2.26. The lowest BCUT2D eigenvalue weighted by Crippen LogP contribution is -2.41. The minimum Gasteiger partial charge on any atom is -0.481 e. The number of methoxy groups -OCH3 is 1. The van der Waals surface area contributed by atoms with Gasteiger partial charge >= 0.3 is 0 Å². The van der Waals surface area contributed by atoms with Gasteiger partial charge in [0.05, 0.1) is 49.9 Å². The van der Waals surface area contributed by atoms with E-state index in [2.05, 4.69) is 33.9 Å². The number of nitrogens with zero attached hydrogens (tertiary/aromatic N) is 6. The molecule has 180 valence electrons. The van der Waals surface area contributed by atoms with E-state index in [4.69, 9.17) is 9.47 Å². The highest BCUT2D eigenvalue weighted by atomic mass is 19.1. The molecule has 0 atom stereocenters. The second-order valence-corrected chi connectivity index (χ2v) is 8.60. The van der Waals surface area contributed by atoms with E-state index in [0.717, 1.165) is 11.1 Å². The smallest absolute Gasteiger partial charge is 0.253 e. The quantitative estimate of drug-likeness (QED) is 0.421. The van der Waals surface area contributed by atoms with Crippen molar-refractivity contribution < 1.29 is 18.7 Å². The molecule has 1 amide bonds. The molecule has 0 N–H and O–H groups in total. The average molecular weight is 477 g/mol. The van der Waals surface area contributed by atoms with Crippen molar-refractivity contribution in [3.63, 3.8) is 0 Å². The zero-order chi connectivity index (χ0) is 24.5. The highest BCUT2D eigenvalue weighted by Crippen LogP contribution is 2.31. The van der Waals surface area contributed by atoms with E-state index >= 15 is 0 Å². The fourth-order valence-electron chi connectivity index (χ4n) is 4.13. The number of hydrogen-bond acceptors (Lipinski definition) is 7. The summed E-state index contributed by atoms with van der Waals surface area (Å²) in [6.45, 7) is 5.21. The molecule has 10 heteroatoms. The lowest BCUT2D eigenvalue weighted by atomic mass is 10.0. The molecule has 4 aromatic rings. The zero-order valence-corrected chi connectivity index (χ0v) is 19.7. The van der Waals surface area contributed by atoms with Crippen LogP contribution in [0.5, 0.6) is 5.88 Å². The van der Waals surface area contributed by atoms with Gasteiger partial charge in [0.25, 0.3) is 5.91 Å². The maximum atomic E-state index is 14.9. The van der Waals surface area contributed by atoms with E-state index in [-0.39, 0.29) is 24.1 Å². The number of halogens is 1. The summed E-state index contributed by atoms with van der Waals surface area (Å²) in [5.74, 6) is 0.530. The molecule has 5 heterocycles.